The maximum Gasteiger partial charge on any atom is 0.285 e. The van der Waals surface area contributed by atoms with Crippen LogP contribution in [0.2, 0.25) is 0 Å². The molecule has 34 heavy (non-hydrogen) atoms. The van der Waals surface area contributed by atoms with Gasteiger partial charge in [-0.25, -0.2) is 0 Å². The quantitative estimate of drug-likeness (QED) is 0.562. The minimum atomic E-state index is -3.69. The van der Waals surface area contributed by atoms with Gasteiger partial charge in [0.15, 0.2) is 5.84 Å². The van der Waals surface area contributed by atoms with E-state index in [1.165, 1.54) is 37.4 Å². The van der Waals surface area contributed by atoms with E-state index < -0.39 is 10.0 Å². The van der Waals surface area contributed by atoms with Gasteiger partial charge in [-0.3, -0.25) is 4.79 Å². The van der Waals surface area contributed by atoms with Crippen LogP contribution in [0.3, 0.4) is 0 Å². The molecule has 1 amide bonds. The number of fused-ring (bicyclic) bond motifs is 1. The first-order valence-electron chi connectivity index (χ1n) is 11.5. The number of rotatable bonds is 4. The molecule has 8 heteroatoms. The highest BCUT2D eigenvalue weighted by atomic mass is 32.2. The maximum atomic E-state index is 12.7. The number of hydrogen-bond acceptors (Lipinski definition) is 5. The Morgan fingerprint density at radius 1 is 0.794 bits per heavy atom. The van der Waals surface area contributed by atoms with E-state index in [9.17, 15) is 13.2 Å². The van der Waals surface area contributed by atoms with Crippen molar-refractivity contribution < 1.29 is 13.2 Å². The molecular weight excluding hydrogens is 448 g/mol. The number of amides is 1. The van der Waals surface area contributed by atoms with Crippen molar-refractivity contribution in [1.82, 2.24) is 0 Å². The minimum Gasteiger partial charge on any atom is -0.372 e. The van der Waals surface area contributed by atoms with E-state index in [0.717, 1.165) is 18.8 Å². The summed E-state index contributed by atoms with van der Waals surface area (Å²) < 4.78 is 28.3. The zero-order valence-electron chi connectivity index (χ0n) is 18.7. The van der Waals surface area contributed by atoms with E-state index in [1.54, 1.807) is 42.5 Å². The normalized spacial score (nSPS) is 16.8. The standard InChI is InChI=1S/C26H26N4O3S/c31-26(28-21-13-15-22(16-14-21)30-17-5-1-2-6-18-30)19-9-11-20(12-10-19)27-25-23-7-3-4-8-24(23)34(32,33)29-25/h3-4,7-16H,1-2,5-6,17-18H2,(H,27,29)(H,28,31). The summed E-state index contributed by atoms with van der Waals surface area (Å²) in [7, 11) is -3.69. The zero-order valence-corrected chi connectivity index (χ0v) is 19.5. The van der Waals surface area contributed by atoms with Crippen LogP contribution in [0.1, 0.15) is 41.6 Å². The van der Waals surface area contributed by atoms with Crippen molar-refractivity contribution in [3.05, 3.63) is 83.9 Å². The fourth-order valence-electron chi connectivity index (χ4n) is 4.33. The molecule has 0 saturated carbocycles. The molecule has 3 aromatic carbocycles. The van der Waals surface area contributed by atoms with Gasteiger partial charge in [-0.1, -0.05) is 25.0 Å². The van der Waals surface area contributed by atoms with Crippen molar-refractivity contribution in [3.8, 4) is 0 Å². The summed E-state index contributed by atoms with van der Waals surface area (Å²) in [5, 5.41) is 5.98. The van der Waals surface area contributed by atoms with Crippen molar-refractivity contribution in [2.45, 2.75) is 30.6 Å². The molecule has 3 aromatic rings. The summed E-state index contributed by atoms with van der Waals surface area (Å²) in [6.07, 6.45) is 5.02. The molecule has 7 nitrogen and oxygen atoms in total. The van der Waals surface area contributed by atoms with Gasteiger partial charge in [0.1, 0.15) is 4.90 Å². The third kappa shape index (κ3) is 4.68. The average Bonchev–Trinajstić information content (AvgIpc) is 3.01. The fourth-order valence-corrected chi connectivity index (χ4v) is 5.50. The summed E-state index contributed by atoms with van der Waals surface area (Å²) in [6, 6.07) is 21.5. The molecule has 5 rings (SSSR count). The van der Waals surface area contributed by atoms with Gasteiger partial charge in [-0.05, 0) is 73.5 Å². The van der Waals surface area contributed by atoms with E-state index >= 15 is 0 Å². The summed E-state index contributed by atoms with van der Waals surface area (Å²) >= 11 is 0. The Morgan fingerprint density at radius 3 is 2.15 bits per heavy atom. The number of nitrogens with one attached hydrogen (secondary N) is 2. The Labute approximate surface area is 199 Å². The molecular formula is C26H26N4O3S. The molecule has 0 spiro atoms. The van der Waals surface area contributed by atoms with Crippen LogP contribution in [-0.2, 0) is 10.0 Å². The second-order valence-electron chi connectivity index (χ2n) is 8.52. The molecule has 0 aliphatic carbocycles. The largest absolute Gasteiger partial charge is 0.372 e. The van der Waals surface area contributed by atoms with Gasteiger partial charge in [-0.2, -0.15) is 8.42 Å². The first-order chi connectivity index (χ1) is 16.5. The first kappa shape index (κ1) is 22.2. The predicted octanol–water partition coefficient (Wildman–Crippen LogP) is 4.88. The summed E-state index contributed by atoms with van der Waals surface area (Å²) in [5.41, 5.74) is 3.61. The minimum absolute atomic E-state index is 0.190. The lowest BCUT2D eigenvalue weighted by Crippen LogP contribution is -2.23. The molecule has 0 unspecified atom stereocenters. The molecule has 2 aliphatic heterocycles. The highest BCUT2D eigenvalue weighted by molar-refractivity contribution is 7.90. The number of sulfonamides is 1. The number of amidine groups is 1. The molecule has 1 saturated heterocycles. The Kier molecular flexibility index (Phi) is 6.06. The molecule has 2 N–H and O–H groups in total. The van der Waals surface area contributed by atoms with Crippen LogP contribution in [0.15, 0.2) is 82.1 Å². The van der Waals surface area contributed by atoms with Crippen molar-refractivity contribution in [2.75, 3.05) is 28.6 Å². The number of carbonyl (C=O) groups is 1. The van der Waals surface area contributed by atoms with Crippen LogP contribution in [0.25, 0.3) is 0 Å². The monoisotopic (exact) mass is 474 g/mol. The van der Waals surface area contributed by atoms with Gasteiger partial charge < -0.3 is 15.5 Å². The van der Waals surface area contributed by atoms with Gasteiger partial charge in [0.05, 0.1) is 0 Å². The topological polar surface area (TPSA) is 90.9 Å². The Morgan fingerprint density at radius 2 is 1.44 bits per heavy atom. The van der Waals surface area contributed by atoms with Crippen LogP contribution in [-0.4, -0.2) is 33.3 Å². The molecule has 0 atom stereocenters. The number of anilines is 3. The van der Waals surface area contributed by atoms with E-state index in [1.807, 2.05) is 12.1 Å². The summed E-state index contributed by atoms with van der Waals surface area (Å²) in [6.45, 7) is 2.16. The molecule has 0 radical (unpaired) electrons. The van der Waals surface area contributed by atoms with Crippen LogP contribution in [0.5, 0.6) is 0 Å². The average molecular weight is 475 g/mol. The van der Waals surface area contributed by atoms with Crippen molar-refractivity contribution in [2.24, 2.45) is 4.40 Å². The molecule has 174 valence electrons. The second kappa shape index (κ2) is 9.30. The first-order valence-corrected chi connectivity index (χ1v) is 12.9. The van der Waals surface area contributed by atoms with E-state index in [0.29, 0.717) is 16.8 Å². The van der Waals surface area contributed by atoms with E-state index in [2.05, 4.69) is 32.1 Å². The number of carbonyl (C=O) groups excluding carboxylic acids is 1. The fraction of sp³-hybridized carbons (Fsp3) is 0.231. The Balaban J connectivity index is 1.23. The molecule has 2 aliphatic rings. The van der Waals surface area contributed by atoms with Gasteiger partial charge in [0.2, 0.25) is 0 Å². The highest BCUT2D eigenvalue weighted by Crippen LogP contribution is 2.27. The van der Waals surface area contributed by atoms with Crippen LogP contribution < -0.4 is 15.5 Å². The number of nitrogens with zero attached hydrogens (tertiary/aromatic N) is 2. The third-order valence-electron chi connectivity index (χ3n) is 6.14. The van der Waals surface area contributed by atoms with Gasteiger partial charge in [0, 0.05) is 41.3 Å². The van der Waals surface area contributed by atoms with Gasteiger partial charge >= 0.3 is 0 Å². The molecule has 2 heterocycles. The second-order valence-corrected chi connectivity index (χ2v) is 10.1. The maximum absolute atomic E-state index is 12.7. The van der Waals surface area contributed by atoms with Crippen LogP contribution in [0.4, 0.5) is 17.1 Å². The van der Waals surface area contributed by atoms with Gasteiger partial charge in [-0.15, -0.1) is 4.40 Å². The molecule has 0 aromatic heterocycles. The van der Waals surface area contributed by atoms with E-state index in [4.69, 9.17) is 0 Å². The molecule has 1 fully saturated rings. The third-order valence-corrected chi connectivity index (χ3v) is 7.47. The number of benzene rings is 3. The predicted molar refractivity (Wildman–Crippen MR) is 135 cm³/mol. The summed E-state index contributed by atoms with van der Waals surface area (Å²) in [4.78, 5) is 15.3. The SMILES string of the molecule is O=C(Nc1ccc(N2CCCCCC2)cc1)c1ccc(NC2=NS(=O)(=O)c3ccccc32)cc1. The highest BCUT2D eigenvalue weighted by Gasteiger charge is 2.28. The number of hydrogen-bond donors (Lipinski definition) is 2. The summed E-state index contributed by atoms with van der Waals surface area (Å²) in [5.74, 6) is 0.0671. The molecule has 0 bridgehead atoms. The lowest BCUT2D eigenvalue weighted by atomic mass is 10.1. The Bertz CT molecular complexity index is 1330. The van der Waals surface area contributed by atoms with Crippen molar-refractivity contribution >= 4 is 38.8 Å². The van der Waals surface area contributed by atoms with Crippen LogP contribution >= 0.6 is 0 Å². The Hall–Kier alpha value is -3.65. The van der Waals surface area contributed by atoms with E-state index in [-0.39, 0.29) is 16.6 Å². The van der Waals surface area contributed by atoms with Crippen molar-refractivity contribution in [1.29, 1.82) is 0 Å². The smallest absolute Gasteiger partial charge is 0.285 e. The lowest BCUT2D eigenvalue weighted by molar-refractivity contribution is 0.102. The van der Waals surface area contributed by atoms with Crippen LogP contribution in [0, 0.1) is 0 Å². The lowest BCUT2D eigenvalue weighted by Gasteiger charge is -2.22. The van der Waals surface area contributed by atoms with Crippen molar-refractivity contribution in [3.63, 3.8) is 0 Å². The van der Waals surface area contributed by atoms with Gasteiger partial charge in [0.25, 0.3) is 15.9 Å². The zero-order chi connectivity index (χ0) is 23.5.